The third-order valence-electron chi connectivity index (χ3n) is 3.88. The third-order valence-corrected chi connectivity index (χ3v) is 3.88. The summed E-state index contributed by atoms with van der Waals surface area (Å²) in [6.45, 7) is 2.84. The quantitative estimate of drug-likeness (QED) is 0.589. The molecule has 0 saturated heterocycles. The Balaban J connectivity index is 1.65. The molecule has 1 aromatic heterocycles. The van der Waals surface area contributed by atoms with E-state index in [1.54, 1.807) is 31.3 Å². The fourth-order valence-corrected chi connectivity index (χ4v) is 2.59. The molecule has 138 valence electrons. The average Bonchev–Trinajstić information content (AvgIpc) is 2.70. The first-order valence-electron chi connectivity index (χ1n) is 8.90. The molecule has 3 rings (SSSR count). The summed E-state index contributed by atoms with van der Waals surface area (Å²) in [4.78, 5) is 20.8. The van der Waals surface area contributed by atoms with Crippen molar-refractivity contribution in [1.29, 1.82) is 0 Å². The van der Waals surface area contributed by atoms with Crippen LogP contribution in [0.3, 0.4) is 0 Å². The fraction of sp³-hybridized carbons (Fsp3) is 0.190. The lowest BCUT2D eigenvalue weighted by Crippen LogP contribution is -2.10. The SMILES string of the molecule is CCOC(=O)c1ccccc1Nc1ccnc(NCCc2ccccc2)n1. The minimum Gasteiger partial charge on any atom is -0.462 e. The number of hydrogen-bond donors (Lipinski definition) is 2. The normalized spacial score (nSPS) is 10.3. The number of nitrogens with one attached hydrogen (secondary N) is 2. The molecular formula is C21H22N4O2. The van der Waals surface area contributed by atoms with E-state index >= 15 is 0 Å². The molecule has 0 radical (unpaired) electrons. The van der Waals surface area contributed by atoms with Gasteiger partial charge in [0.2, 0.25) is 5.95 Å². The first-order valence-corrected chi connectivity index (χ1v) is 8.90. The second-order valence-electron chi connectivity index (χ2n) is 5.82. The van der Waals surface area contributed by atoms with E-state index in [1.807, 2.05) is 30.3 Å². The number of nitrogens with zero attached hydrogens (tertiary/aromatic N) is 2. The van der Waals surface area contributed by atoms with Gasteiger partial charge in [0.25, 0.3) is 0 Å². The number of anilines is 3. The molecule has 0 aliphatic rings. The van der Waals surface area contributed by atoms with Crippen LogP contribution in [0.4, 0.5) is 17.5 Å². The van der Waals surface area contributed by atoms with E-state index in [4.69, 9.17) is 4.74 Å². The van der Waals surface area contributed by atoms with Crippen molar-refractivity contribution in [3.05, 3.63) is 78.0 Å². The summed E-state index contributed by atoms with van der Waals surface area (Å²) in [5, 5.41) is 6.39. The van der Waals surface area contributed by atoms with Crippen LogP contribution in [-0.4, -0.2) is 29.1 Å². The minimum atomic E-state index is -0.365. The van der Waals surface area contributed by atoms with Gasteiger partial charge in [-0.15, -0.1) is 0 Å². The molecule has 0 aliphatic carbocycles. The van der Waals surface area contributed by atoms with Crippen LogP contribution in [0, 0.1) is 0 Å². The van der Waals surface area contributed by atoms with Gasteiger partial charge in [0.05, 0.1) is 17.9 Å². The Morgan fingerprint density at radius 2 is 1.81 bits per heavy atom. The van der Waals surface area contributed by atoms with Crippen LogP contribution in [0.2, 0.25) is 0 Å². The Morgan fingerprint density at radius 3 is 2.63 bits per heavy atom. The molecule has 0 bridgehead atoms. The van der Waals surface area contributed by atoms with Gasteiger partial charge in [-0.2, -0.15) is 4.98 Å². The number of carbonyl (C=O) groups excluding carboxylic acids is 1. The van der Waals surface area contributed by atoms with Crippen LogP contribution in [0.25, 0.3) is 0 Å². The van der Waals surface area contributed by atoms with Crippen molar-refractivity contribution >= 4 is 23.4 Å². The highest BCUT2D eigenvalue weighted by Crippen LogP contribution is 2.21. The smallest absolute Gasteiger partial charge is 0.340 e. The molecule has 0 atom stereocenters. The zero-order valence-electron chi connectivity index (χ0n) is 15.2. The summed E-state index contributed by atoms with van der Waals surface area (Å²) in [5.74, 6) is 0.768. The molecule has 0 amide bonds. The molecule has 0 aliphatic heterocycles. The molecule has 0 saturated carbocycles. The van der Waals surface area contributed by atoms with Crippen molar-refractivity contribution in [1.82, 2.24) is 9.97 Å². The van der Waals surface area contributed by atoms with Crippen molar-refractivity contribution in [2.24, 2.45) is 0 Å². The maximum absolute atomic E-state index is 12.1. The Bertz CT molecular complexity index is 884. The van der Waals surface area contributed by atoms with Gasteiger partial charge in [-0.1, -0.05) is 42.5 Å². The summed E-state index contributed by atoms with van der Waals surface area (Å²) in [6, 6.07) is 19.2. The van der Waals surface area contributed by atoms with Gasteiger partial charge in [0, 0.05) is 12.7 Å². The molecule has 2 N–H and O–H groups in total. The van der Waals surface area contributed by atoms with E-state index in [9.17, 15) is 4.79 Å². The Kier molecular flexibility index (Phi) is 6.35. The summed E-state index contributed by atoms with van der Waals surface area (Å²) in [5.41, 5.74) is 2.36. The largest absolute Gasteiger partial charge is 0.462 e. The molecule has 1 heterocycles. The number of carbonyl (C=O) groups is 1. The van der Waals surface area contributed by atoms with E-state index < -0.39 is 0 Å². The van der Waals surface area contributed by atoms with E-state index in [1.165, 1.54) is 5.56 Å². The minimum absolute atomic E-state index is 0.330. The molecule has 0 spiro atoms. The van der Waals surface area contributed by atoms with Gasteiger partial charge in [0.1, 0.15) is 5.82 Å². The topological polar surface area (TPSA) is 76.1 Å². The molecular weight excluding hydrogens is 340 g/mol. The predicted octanol–water partition coefficient (Wildman–Crippen LogP) is 4.05. The number of para-hydroxylation sites is 1. The lowest BCUT2D eigenvalue weighted by Gasteiger charge is -2.11. The molecule has 6 heteroatoms. The van der Waals surface area contributed by atoms with E-state index in [0.29, 0.717) is 29.6 Å². The van der Waals surface area contributed by atoms with Crippen LogP contribution in [0.5, 0.6) is 0 Å². The highest BCUT2D eigenvalue weighted by molar-refractivity contribution is 5.96. The molecule has 2 aromatic carbocycles. The first-order chi connectivity index (χ1) is 13.3. The Hall–Kier alpha value is -3.41. The molecule has 6 nitrogen and oxygen atoms in total. The monoisotopic (exact) mass is 362 g/mol. The highest BCUT2D eigenvalue weighted by Gasteiger charge is 2.12. The van der Waals surface area contributed by atoms with Crippen molar-refractivity contribution in [3.8, 4) is 0 Å². The Morgan fingerprint density at radius 1 is 1.04 bits per heavy atom. The first kappa shape index (κ1) is 18.4. The summed E-state index contributed by atoms with van der Waals surface area (Å²) in [6.07, 6.45) is 2.56. The zero-order valence-corrected chi connectivity index (χ0v) is 15.2. The number of esters is 1. The summed E-state index contributed by atoms with van der Waals surface area (Å²) < 4.78 is 5.10. The number of ether oxygens (including phenoxy) is 1. The van der Waals surface area contributed by atoms with Crippen LogP contribution in [0.15, 0.2) is 66.9 Å². The van der Waals surface area contributed by atoms with Crippen molar-refractivity contribution in [2.45, 2.75) is 13.3 Å². The third kappa shape index (κ3) is 5.28. The lowest BCUT2D eigenvalue weighted by atomic mass is 10.1. The van der Waals surface area contributed by atoms with E-state index in [0.717, 1.165) is 13.0 Å². The van der Waals surface area contributed by atoms with Crippen LogP contribution >= 0.6 is 0 Å². The van der Waals surface area contributed by atoms with Gasteiger partial charge < -0.3 is 15.4 Å². The number of benzene rings is 2. The number of aromatic nitrogens is 2. The van der Waals surface area contributed by atoms with Crippen LogP contribution in [0.1, 0.15) is 22.8 Å². The zero-order chi connectivity index (χ0) is 18.9. The van der Waals surface area contributed by atoms with Crippen LogP contribution < -0.4 is 10.6 Å². The second-order valence-corrected chi connectivity index (χ2v) is 5.82. The second kappa shape index (κ2) is 9.33. The van der Waals surface area contributed by atoms with E-state index in [-0.39, 0.29) is 5.97 Å². The average molecular weight is 362 g/mol. The summed E-state index contributed by atoms with van der Waals surface area (Å²) >= 11 is 0. The summed E-state index contributed by atoms with van der Waals surface area (Å²) in [7, 11) is 0. The number of hydrogen-bond acceptors (Lipinski definition) is 6. The lowest BCUT2D eigenvalue weighted by molar-refractivity contribution is 0.0527. The van der Waals surface area contributed by atoms with Crippen molar-refractivity contribution < 1.29 is 9.53 Å². The fourth-order valence-electron chi connectivity index (χ4n) is 2.59. The van der Waals surface area contributed by atoms with Crippen molar-refractivity contribution in [2.75, 3.05) is 23.8 Å². The molecule has 0 unspecified atom stereocenters. The van der Waals surface area contributed by atoms with E-state index in [2.05, 4.69) is 32.7 Å². The maximum atomic E-state index is 12.1. The Labute approximate surface area is 158 Å². The highest BCUT2D eigenvalue weighted by atomic mass is 16.5. The molecule has 3 aromatic rings. The molecule has 27 heavy (non-hydrogen) atoms. The standard InChI is InChI=1S/C21H22N4O2/c1-2-27-20(26)17-10-6-7-11-18(17)24-19-13-15-23-21(25-19)22-14-12-16-8-4-3-5-9-16/h3-11,13,15H,2,12,14H2,1H3,(H2,22,23,24,25). The molecule has 0 fully saturated rings. The van der Waals surface area contributed by atoms with Gasteiger partial charge in [-0.05, 0) is 37.1 Å². The maximum Gasteiger partial charge on any atom is 0.340 e. The predicted molar refractivity (Wildman–Crippen MR) is 106 cm³/mol. The van der Waals surface area contributed by atoms with Gasteiger partial charge in [-0.25, -0.2) is 9.78 Å². The van der Waals surface area contributed by atoms with Crippen molar-refractivity contribution in [3.63, 3.8) is 0 Å². The van der Waals surface area contributed by atoms with Crippen LogP contribution in [-0.2, 0) is 11.2 Å². The van der Waals surface area contributed by atoms with Gasteiger partial charge in [-0.3, -0.25) is 0 Å². The number of rotatable bonds is 8. The van der Waals surface area contributed by atoms with Gasteiger partial charge in [0.15, 0.2) is 0 Å². The van der Waals surface area contributed by atoms with Gasteiger partial charge >= 0.3 is 5.97 Å².